The lowest BCUT2D eigenvalue weighted by Crippen LogP contribution is -2.32. The smallest absolute Gasteiger partial charge is 0.346 e. The minimum Gasteiger partial charge on any atom is -0.395 e. The third-order valence-electron chi connectivity index (χ3n) is 5.17. The Labute approximate surface area is 167 Å². The first-order valence-corrected chi connectivity index (χ1v) is 9.11. The van der Waals surface area contributed by atoms with Crippen LogP contribution in [-0.4, -0.2) is 46.9 Å². The highest BCUT2D eigenvalue weighted by Gasteiger charge is 2.35. The number of aryl methyl sites for hydroxylation is 4. The van der Waals surface area contributed by atoms with Crippen LogP contribution in [0.15, 0.2) is 24.3 Å². The molecule has 0 aliphatic carbocycles. The summed E-state index contributed by atoms with van der Waals surface area (Å²) in [6, 6.07) is 6.86. The summed E-state index contributed by atoms with van der Waals surface area (Å²) >= 11 is 0. The minimum atomic E-state index is -0.539. The molecule has 0 aromatic heterocycles. The molecule has 2 aliphatic heterocycles. The van der Waals surface area contributed by atoms with Gasteiger partial charge in [0, 0.05) is 0 Å². The van der Waals surface area contributed by atoms with Crippen molar-refractivity contribution >= 4 is 23.8 Å². The van der Waals surface area contributed by atoms with Crippen molar-refractivity contribution in [3.8, 4) is 0 Å². The average Bonchev–Trinajstić information content (AvgIpc) is 3.06. The highest BCUT2D eigenvalue weighted by atomic mass is 16.6. The largest absolute Gasteiger partial charge is 0.395 e. The number of benzene rings is 2. The molecule has 0 bridgehead atoms. The van der Waals surface area contributed by atoms with Crippen molar-refractivity contribution in [3.05, 3.63) is 68.8 Å². The Morgan fingerprint density at radius 3 is 1.38 bits per heavy atom. The number of ether oxygens (including phenoxy) is 1. The zero-order valence-corrected chi connectivity index (χ0v) is 16.7. The van der Waals surface area contributed by atoms with Crippen LogP contribution in [0.1, 0.15) is 63.7 Å². The molecule has 0 unspecified atom stereocenters. The molecule has 4 rings (SSSR count). The molecular weight excluding hydrogens is 374 g/mol. The molecule has 0 saturated heterocycles. The summed E-state index contributed by atoms with van der Waals surface area (Å²) in [6.07, 6.45) is 0. The van der Waals surface area contributed by atoms with Crippen molar-refractivity contribution in [2.24, 2.45) is 0 Å². The number of nitrogens with zero attached hydrogens (tertiary/aromatic N) is 1. The van der Waals surface area contributed by atoms with E-state index in [2.05, 4.69) is 4.74 Å². The molecule has 0 fully saturated rings. The van der Waals surface area contributed by atoms with Crippen LogP contribution in [-0.2, 0) is 4.74 Å². The first-order chi connectivity index (χ1) is 13.6. The molecule has 2 heterocycles. The summed E-state index contributed by atoms with van der Waals surface area (Å²) < 4.78 is 4.46. The van der Waals surface area contributed by atoms with Gasteiger partial charge in [0.15, 0.2) is 0 Å². The summed E-state index contributed by atoms with van der Waals surface area (Å²) in [5.41, 5.74) is 5.62. The van der Waals surface area contributed by atoms with Gasteiger partial charge in [-0.3, -0.25) is 14.5 Å². The third kappa shape index (κ3) is 3.56. The van der Waals surface area contributed by atoms with Crippen LogP contribution in [0.2, 0.25) is 0 Å². The normalized spacial score (nSPS) is 14.4. The van der Waals surface area contributed by atoms with Gasteiger partial charge in [0.1, 0.15) is 0 Å². The maximum atomic E-state index is 11.9. The molecule has 0 atom stereocenters. The topological polar surface area (TPSA) is 101 Å². The Hall–Kier alpha value is -3.32. The Balaban J connectivity index is 0.000000169. The van der Waals surface area contributed by atoms with Crippen LogP contribution in [0.5, 0.6) is 0 Å². The van der Waals surface area contributed by atoms with E-state index in [1.807, 2.05) is 27.7 Å². The van der Waals surface area contributed by atoms with Crippen molar-refractivity contribution in [3.63, 3.8) is 0 Å². The van der Waals surface area contributed by atoms with Gasteiger partial charge >= 0.3 is 11.9 Å². The van der Waals surface area contributed by atoms with Gasteiger partial charge in [-0.15, -0.1) is 0 Å². The van der Waals surface area contributed by atoms with Crippen LogP contribution in [0, 0.1) is 27.7 Å². The Morgan fingerprint density at radius 1 is 0.690 bits per heavy atom. The third-order valence-corrected chi connectivity index (χ3v) is 5.17. The van der Waals surface area contributed by atoms with E-state index in [9.17, 15) is 19.2 Å². The van der Waals surface area contributed by atoms with E-state index < -0.39 is 11.9 Å². The van der Waals surface area contributed by atoms with Crippen LogP contribution in [0.3, 0.4) is 0 Å². The first kappa shape index (κ1) is 20.4. The fourth-order valence-corrected chi connectivity index (χ4v) is 3.20. The predicted octanol–water partition coefficient (Wildman–Crippen LogP) is 2.51. The number of β-amino-alcohol motifs (C(OH)–C–C–N with tert-alkyl or cyclic N) is 1. The van der Waals surface area contributed by atoms with E-state index in [1.54, 1.807) is 24.3 Å². The highest BCUT2D eigenvalue weighted by molar-refractivity contribution is 6.21. The highest BCUT2D eigenvalue weighted by Crippen LogP contribution is 2.25. The number of esters is 2. The molecule has 7 heteroatoms. The summed E-state index contributed by atoms with van der Waals surface area (Å²) in [6.45, 7) is 7.45. The predicted molar refractivity (Wildman–Crippen MR) is 104 cm³/mol. The Morgan fingerprint density at radius 2 is 1.03 bits per heavy atom. The van der Waals surface area contributed by atoms with E-state index >= 15 is 0 Å². The van der Waals surface area contributed by atoms with Gasteiger partial charge in [0.05, 0.1) is 35.4 Å². The fourth-order valence-electron chi connectivity index (χ4n) is 3.20. The molecule has 0 radical (unpaired) electrons. The molecule has 29 heavy (non-hydrogen) atoms. The van der Waals surface area contributed by atoms with E-state index in [0.717, 1.165) is 27.2 Å². The molecule has 2 aromatic carbocycles. The number of hydrogen-bond acceptors (Lipinski definition) is 6. The number of fused-ring (bicyclic) bond motifs is 2. The molecule has 0 spiro atoms. The maximum Gasteiger partial charge on any atom is 0.346 e. The number of rotatable bonds is 2. The summed E-state index contributed by atoms with van der Waals surface area (Å²) in [4.78, 5) is 47.0. The van der Waals surface area contributed by atoms with Gasteiger partial charge in [-0.25, -0.2) is 9.59 Å². The average molecular weight is 395 g/mol. The number of aliphatic hydroxyl groups is 1. The Bertz CT molecular complexity index is 989. The summed E-state index contributed by atoms with van der Waals surface area (Å²) in [7, 11) is 0. The fraction of sp³-hybridized carbons (Fsp3) is 0.273. The molecule has 7 nitrogen and oxygen atoms in total. The second-order valence-electron chi connectivity index (χ2n) is 7.13. The SMILES string of the molecule is Cc1cc2c(cc1C)C(=O)N(CCO)C2=O.Cc1cc2c(cc1C)C(=O)OC2=O. The Kier molecular flexibility index (Phi) is 5.35. The van der Waals surface area contributed by atoms with Gasteiger partial charge in [0.25, 0.3) is 11.8 Å². The zero-order valence-electron chi connectivity index (χ0n) is 16.7. The van der Waals surface area contributed by atoms with E-state index in [4.69, 9.17) is 5.11 Å². The quantitative estimate of drug-likeness (QED) is 0.476. The number of imide groups is 1. The number of amides is 2. The lowest BCUT2D eigenvalue weighted by molar-refractivity contribution is 0.0442. The molecule has 2 amide bonds. The van der Waals surface area contributed by atoms with E-state index in [1.165, 1.54) is 0 Å². The number of carbonyl (C=O) groups excluding carboxylic acids is 4. The van der Waals surface area contributed by atoms with Gasteiger partial charge in [-0.05, 0) is 74.2 Å². The van der Waals surface area contributed by atoms with Gasteiger partial charge in [-0.2, -0.15) is 0 Å². The van der Waals surface area contributed by atoms with Crippen molar-refractivity contribution in [1.82, 2.24) is 4.90 Å². The van der Waals surface area contributed by atoms with Crippen molar-refractivity contribution in [1.29, 1.82) is 0 Å². The van der Waals surface area contributed by atoms with Crippen LogP contribution in [0.4, 0.5) is 0 Å². The second kappa shape index (κ2) is 7.60. The molecular formula is C22H21NO6. The molecule has 2 aromatic rings. The number of aliphatic hydroxyl groups excluding tert-OH is 1. The van der Waals surface area contributed by atoms with E-state index in [0.29, 0.717) is 22.3 Å². The summed E-state index contributed by atoms with van der Waals surface area (Å²) in [5, 5.41) is 8.80. The minimum absolute atomic E-state index is 0.0600. The van der Waals surface area contributed by atoms with E-state index in [-0.39, 0.29) is 25.0 Å². The molecule has 1 N–H and O–H groups in total. The van der Waals surface area contributed by atoms with Gasteiger partial charge in [-0.1, -0.05) is 0 Å². The lowest BCUT2D eigenvalue weighted by Gasteiger charge is -2.10. The first-order valence-electron chi connectivity index (χ1n) is 9.11. The molecule has 150 valence electrons. The van der Waals surface area contributed by atoms with Gasteiger partial charge < -0.3 is 9.84 Å². The van der Waals surface area contributed by atoms with Crippen molar-refractivity contribution in [2.75, 3.05) is 13.2 Å². The number of hydrogen-bond donors (Lipinski definition) is 1. The second-order valence-corrected chi connectivity index (χ2v) is 7.13. The van der Waals surface area contributed by atoms with Crippen LogP contribution < -0.4 is 0 Å². The van der Waals surface area contributed by atoms with Crippen LogP contribution >= 0.6 is 0 Å². The maximum absolute atomic E-state index is 11.9. The van der Waals surface area contributed by atoms with Gasteiger partial charge in [0.2, 0.25) is 0 Å². The molecule has 0 saturated carbocycles. The standard InChI is InChI=1S/C12H13NO3.C10H8O3/c1-7-5-9-10(6-8(7)2)12(16)13(3-4-14)11(9)15;1-5-3-7-8(4-6(5)2)10(12)13-9(7)11/h5-6,14H,3-4H2,1-2H3;3-4H,1-2H3. The molecule has 2 aliphatic rings. The number of cyclic esters (lactones) is 2. The van der Waals surface area contributed by atoms with Crippen molar-refractivity contribution < 1.29 is 29.0 Å². The lowest BCUT2D eigenvalue weighted by atomic mass is 10.0. The van der Waals surface area contributed by atoms with Crippen molar-refractivity contribution in [2.45, 2.75) is 27.7 Å². The number of carbonyl (C=O) groups is 4. The zero-order chi connectivity index (χ0) is 21.5. The monoisotopic (exact) mass is 395 g/mol. The van der Waals surface area contributed by atoms with Crippen LogP contribution in [0.25, 0.3) is 0 Å². The summed E-state index contributed by atoms with van der Waals surface area (Å²) in [5.74, 6) is -1.69.